The molecule has 1 heterocycles. The Morgan fingerprint density at radius 3 is 2.72 bits per heavy atom. The zero-order valence-electron chi connectivity index (χ0n) is 10.8. The molecule has 0 saturated heterocycles. The van der Waals surface area contributed by atoms with Crippen molar-refractivity contribution < 1.29 is 0 Å². The average molecular weight is 309 g/mol. The molecule has 1 atom stereocenters. The van der Waals surface area contributed by atoms with Crippen molar-refractivity contribution in [2.45, 2.75) is 33.2 Å². The minimum absolute atomic E-state index is 0.0525. The highest BCUT2D eigenvalue weighted by molar-refractivity contribution is 9.10. The molecule has 0 aliphatic heterocycles. The molecule has 96 valence electrons. The third kappa shape index (κ3) is 2.47. The standard InChI is InChI=1S/C13H17BrN4/c1-4-11(15)12-7-18(17-16-12)13-9(3)5-8(2)6-10(13)14/h5-7,11H,4,15H2,1-3H3. The molecule has 1 unspecified atom stereocenters. The van der Waals surface area contributed by atoms with Crippen LogP contribution in [0.1, 0.15) is 36.2 Å². The van der Waals surface area contributed by atoms with Crippen LogP contribution in [0.4, 0.5) is 0 Å². The number of nitrogens with zero attached hydrogens (tertiary/aromatic N) is 3. The highest BCUT2D eigenvalue weighted by Gasteiger charge is 2.12. The first-order chi connectivity index (χ1) is 8.52. The van der Waals surface area contributed by atoms with Gasteiger partial charge in [0.05, 0.1) is 23.6 Å². The van der Waals surface area contributed by atoms with E-state index in [1.807, 2.05) is 13.1 Å². The van der Waals surface area contributed by atoms with Crippen LogP contribution in [0.3, 0.4) is 0 Å². The van der Waals surface area contributed by atoms with E-state index in [2.05, 4.69) is 52.2 Å². The van der Waals surface area contributed by atoms with Crippen molar-refractivity contribution in [2.75, 3.05) is 0 Å². The van der Waals surface area contributed by atoms with Crippen LogP contribution in [0.15, 0.2) is 22.8 Å². The van der Waals surface area contributed by atoms with E-state index in [9.17, 15) is 0 Å². The van der Waals surface area contributed by atoms with Crippen molar-refractivity contribution in [2.24, 2.45) is 5.73 Å². The zero-order chi connectivity index (χ0) is 13.3. The molecule has 0 radical (unpaired) electrons. The maximum absolute atomic E-state index is 5.96. The molecule has 2 rings (SSSR count). The molecule has 5 heteroatoms. The van der Waals surface area contributed by atoms with E-state index in [-0.39, 0.29) is 6.04 Å². The van der Waals surface area contributed by atoms with Crippen molar-refractivity contribution in [3.05, 3.63) is 39.6 Å². The number of aryl methyl sites for hydroxylation is 2. The number of benzene rings is 1. The fourth-order valence-electron chi connectivity index (χ4n) is 1.96. The third-order valence-corrected chi connectivity index (χ3v) is 3.56. The first-order valence-electron chi connectivity index (χ1n) is 5.98. The lowest BCUT2D eigenvalue weighted by Crippen LogP contribution is -2.08. The molecule has 0 fully saturated rings. The Labute approximate surface area is 115 Å². The second kappa shape index (κ2) is 5.20. The van der Waals surface area contributed by atoms with Crippen molar-refractivity contribution >= 4 is 15.9 Å². The summed E-state index contributed by atoms with van der Waals surface area (Å²) in [4.78, 5) is 0. The predicted octanol–water partition coefficient (Wildman–Crippen LogP) is 3.06. The molecule has 0 aliphatic carbocycles. The van der Waals surface area contributed by atoms with Crippen molar-refractivity contribution in [3.8, 4) is 5.69 Å². The van der Waals surface area contributed by atoms with Crippen LogP contribution in [-0.4, -0.2) is 15.0 Å². The SMILES string of the molecule is CCC(N)c1cn(-c2c(C)cc(C)cc2Br)nn1. The average Bonchev–Trinajstić information content (AvgIpc) is 2.76. The molecule has 2 aromatic rings. The van der Waals surface area contributed by atoms with E-state index in [0.29, 0.717) is 0 Å². The summed E-state index contributed by atoms with van der Waals surface area (Å²) < 4.78 is 2.80. The second-order valence-electron chi connectivity index (χ2n) is 4.51. The van der Waals surface area contributed by atoms with E-state index in [1.165, 1.54) is 5.56 Å². The number of hydrogen-bond acceptors (Lipinski definition) is 3. The van der Waals surface area contributed by atoms with Gasteiger partial charge in [0.2, 0.25) is 0 Å². The van der Waals surface area contributed by atoms with Crippen LogP contribution in [0.2, 0.25) is 0 Å². The molecule has 0 amide bonds. The van der Waals surface area contributed by atoms with Crippen LogP contribution < -0.4 is 5.73 Å². The summed E-state index contributed by atoms with van der Waals surface area (Å²) in [5, 5.41) is 8.30. The lowest BCUT2D eigenvalue weighted by atomic mass is 10.1. The maximum Gasteiger partial charge on any atom is 0.0998 e. The van der Waals surface area contributed by atoms with Crippen molar-refractivity contribution in [1.82, 2.24) is 15.0 Å². The highest BCUT2D eigenvalue weighted by atomic mass is 79.9. The van der Waals surface area contributed by atoms with Gasteiger partial charge in [-0.05, 0) is 53.4 Å². The predicted molar refractivity (Wildman–Crippen MR) is 75.8 cm³/mol. The van der Waals surface area contributed by atoms with Crippen LogP contribution in [-0.2, 0) is 0 Å². The van der Waals surface area contributed by atoms with E-state index in [1.54, 1.807) is 4.68 Å². The summed E-state index contributed by atoms with van der Waals surface area (Å²) >= 11 is 3.58. The third-order valence-electron chi connectivity index (χ3n) is 2.96. The topological polar surface area (TPSA) is 56.7 Å². The molecule has 0 bridgehead atoms. The zero-order valence-corrected chi connectivity index (χ0v) is 12.4. The summed E-state index contributed by atoms with van der Waals surface area (Å²) in [7, 11) is 0. The fraction of sp³-hybridized carbons (Fsp3) is 0.385. The van der Waals surface area contributed by atoms with Gasteiger partial charge in [-0.2, -0.15) is 0 Å². The second-order valence-corrected chi connectivity index (χ2v) is 5.37. The van der Waals surface area contributed by atoms with Gasteiger partial charge in [0, 0.05) is 4.47 Å². The Morgan fingerprint density at radius 1 is 1.39 bits per heavy atom. The number of rotatable bonds is 3. The van der Waals surface area contributed by atoms with Crippen LogP contribution in [0.25, 0.3) is 5.69 Å². The summed E-state index contributed by atoms with van der Waals surface area (Å²) in [5.41, 5.74) is 10.2. The smallest absolute Gasteiger partial charge is 0.0998 e. The molecular formula is C13H17BrN4. The van der Waals surface area contributed by atoms with Gasteiger partial charge in [-0.3, -0.25) is 0 Å². The normalized spacial score (nSPS) is 12.7. The molecule has 0 spiro atoms. The summed E-state index contributed by atoms with van der Waals surface area (Å²) in [6, 6.07) is 4.15. The van der Waals surface area contributed by atoms with Gasteiger partial charge >= 0.3 is 0 Å². The summed E-state index contributed by atoms with van der Waals surface area (Å²) in [6.45, 7) is 6.17. The molecule has 2 N–H and O–H groups in total. The summed E-state index contributed by atoms with van der Waals surface area (Å²) in [5.74, 6) is 0. The Kier molecular flexibility index (Phi) is 3.82. The van der Waals surface area contributed by atoms with Gasteiger partial charge in [-0.1, -0.05) is 18.2 Å². The number of aromatic nitrogens is 3. The lowest BCUT2D eigenvalue weighted by molar-refractivity contribution is 0.670. The Balaban J connectivity index is 2.46. The van der Waals surface area contributed by atoms with E-state index >= 15 is 0 Å². The minimum atomic E-state index is -0.0525. The van der Waals surface area contributed by atoms with E-state index in [0.717, 1.165) is 27.8 Å². The molecule has 0 aliphatic rings. The Hall–Kier alpha value is -1.20. The molecule has 1 aromatic carbocycles. The summed E-state index contributed by atoms with van der Waals surface area (Å²) in [6.07, 6.45) is 2.75. The quantitative estimate of drug-likeness (QED) is 0.948. The maximum atomic E-state index is 5.96. The van der Waals surface area contributed by atoms with Gasteiger partial charge in [-0.15, -0.1) is 5.10 Å². The monoisotopic (exact) mass is 308 g/mol. The van der Waals surface area contributed by atoms with Crippen molar-refractivity contribution in [1.29, 1.82) is 0 Å². The lowest BCUT2D eigenvalue weighted by Gasteiger charge is -2.09. The molecule has 0 saturated carbocycles. The van der Waals surface area contributed by atoms with Crippen LogP contribution in [0.5, 0.6) is 0 Å². The number of halogens is 1. The van der Waals surface area contributed by atoms with E-state index in [4.69, 9.17) is 5.73 Å². The number of hydrogen-bond donors (Lipinski definition) is 1. The molecule has 18 heavy (non-hydrogen) atoms. The highest BCUT2D eigenvalue weighted by Crippen LogP contribution is 2.26. The van der Waals surface area contributed by atoms with Gasteiger partial charge in [0.15, 0.2) is 0 Å². The van der Waals surface area contributed by atoms with Gasteiger partial charge in [-0.25, -0.2) is 4.68 Å². The fourth-order valence-corrected chi connectivity index (χ4v) is 2.82. The first kappa shape index (κ1) is 13.2. The van der Waals surface area contributed by atoms with E-state index < -0.39 is 0 Å². The van der Waals surface area contributed by atoms with Crippen molar-refractivity contribution in [3.63, 3.8) is 0 Å². The molecule has 1 aromatic heterocycles. The largest absolute Gasteiger partial charge is 0.323 e. The van der Waals surface area contributed by atoms with Gasteiger partial charge < -0.3 is 5.73 Å². The Morgan fingerprint density at radius 2 is 2.11 bits per heavy atom. The first-order valence-corrected chi connectivity index (χ1v) is 6.77. The van der Waals surface area contributed by atoms with Gasteiger partial charge in [0.25, 0.3) is 0 Å². The molecular weight excluding hydrogens is 292 g/mol. The van der Waals surface area contributed by atoms with Crippen LogP contribution in [0, 0.1) is 13.8 Å². The molecule has 4 nitrogen and oxygen atoms in total. The van der Waals surface area contributed by atoms with Crippen LogP contribution >= 0.6 is 15.9 Å². The Bertz CT molecular complexity index is 539. The van der Waals surface area contributed by atoms with Gasteiger partial charge in [0.1, 0.15) is 0 Å². The number of nitrogens with two attached hydrogens (primary N) is 1. The minimum Gasteiger partial charge on any atom is -0.323 e.